The Morgan fingerprint density at radius 2 is 1.79 bits per heavy atom. The van der Waals surface area contributed by atoms with Gasteiger partial charge in [-0.3, -0.25) is 4.79 Å². The predicted molar refractivity (Wildman–Crippen MR) is 111 cm³/mol. The highest BCUT2D eigenvalue weighted by Crippen LogP contribution is 2.28. The predicted octanol–water partition coefficient (Wildman–Crippen LogP) is 4.43. The van der Waals surface area contributed by atoms with E-state index in [4.69, 9.17) is 14.2 Å². The van der Waals surface area contributed by atoms with Gasteiger partial charge in [0, 0.05) is 6.54 Å². The van der Waals surface area contributed by atoms with Crippen LogP contribution in [0.1, 0.15) is 37.0 Å². The van der Waals surface area contributed by atoms with E-state index in [1.54, 1.807) is 7.11 Å². The normalized spacial score (nSPS) is 10.6. The van der Waals surface area contributed by atoms with Crippen LogP contribution >= 0.6 is 0 Å². The summed E-state index contributed by atoms with van der Waals surface area (Å²) in [6.45, 7) is 9.32. The summed E-state index contributed by atoms with van der Waals surface area (Å²) in [6.07, 6.45) is 0.987. The van der Waals surface area contributed by atoms with Gasteiger partial charge in [0.25, 0.3) is 5.91 Å². The van der Waals surface area contributed by atoms with Crippen LogP contribution < -0.4 is 19.5 Å². The van der Waals surface area contributed by atoms with E-state index in [2.05, 4.69) is 19.2 Å². The third-order valence-corrected chi connectivity index (χ3v) is 4.37. The summed E-state index contributed by atoms with van der Waals surface area (Å²) in [6, 6.07) is 11.6. The first kappa shape index (κ1) is 21.6. The molecule has 0 saturated carbocycles. The maximum atomic E-state index is 12.1. The van der Waals surface area contributed by atoms with Gasteiger partial charge in [-0.25, -0.2) is 0 Å². The first-order chi connectivity index (χ1) is 13.4. The zero-order chi connectivity index (χ0) is 20.5. The van der Waals surface area contributed by atoms with Crippen molar-refractivity contribution < 1.29 is 19.0 Å². The van der Waals surface area contributed by atoms with E-state index in [1.165, 1.54) is 0 Å². The van der Waals surface area contributed by atoms with Crippen LogP contribution in [0.2, 0.25) is 0 Å². The van der Waals surface area contributed by atoms with Crippen molar-refractivity contribution in [1.82, 2.24) is 5.32 Å². The zero-order valence-electron chi connectivity index (χ0n) is 17.5. The van der Waals surface area contributed by atoms with E-state index in [9.17, 15) is 4.79 Å². The van der Waals surface area contributed by atoms with Crippen molar-refractivity contribution in [1.29, 1.82) is 0 Å². The Morgan fingerprint density at radius 3 is 2.50 bits per heavy atom. The van der Waals surface area contributed by atoms with Crippen LogP contribution in [0.25, 0.3) is 0 Å². The molecule has 2 aromatic rings. The average Bonchev–Trinajstić information content (AvgIpc) is 2.67. The smallest absolute Gasteiger partial charge is 0.258 e. The Kier molecular flexibility index (Phi) is 8.18. The highest BCUT2D eigenvalue weighted by Gasteiger charge is 2.09. The quantitative estimate of drug-likeness (QED) is 0.657. The lowest BCUT2D eigenvalue weighted by molar-refractivity contribution is -0.123. The van der Waals surface area contributed by atoms with Gasteiger partial charge in [-0.1, -0.05) is 32.0 Å². The van der Waals surface area contributed by atoms with Crippen molar-refractivity contribution in [3.8, 4) is 17.2 Å². The molecule has 0 aromatic heterocycles. The maximum Gasteiger partial charge on any atom is 0.258 e. The van der Waals surface area contributed by atoms with Crippen LogP contribution in [0.3, 0.4) is 0 Å². The minimum atomic E-state index is -0.169. The van der Waals surface area contributed by atoms with Crippen LogP contribution in [-0.4, -0.2) is 26.2 Å². The van der Waals surface area contributed by atoms with E-state index in [0.29, 0.717) is 24.8 Å². The molecule has 0 aliphatic rings. The van der Waals surface area contributed by atoms with Gasteiger partial charge in [0.2, 0.25) is 0 Å². The molecule has 28 heavy (non-hydrogen) atoms. The Labute approximate surface area is 168 Å². The van der Waals surface area contributed by atoms with Gasteiger partial charge < -0.3 is 19.5 Å². The van der Waals surface area contributed by atoms with Crippen molar-refractivity contribution in [2.45, 2.75) is 40.7 Å². The summed E-state index contributed by atoms with van der Waals surface area (Å²) in [5.41, 5.74) is 3.05. The molecule has 1 amide bonds. The van der Waals surface area contributed by atoms with Gasteiger partial charge in [-0.15, -0.1) is 0 Å². The fraction of sp³-hybridized carbons (Fsp3) is 0.435. The lowest BCUT2D eigenvalue weighted by atomic mass is 10.1. The molecule has 0 heterocycles. The monoisotopic (exact) mass is 385 g/mol. The molecule has 1 N–H and O–H groups in total. The molecule has 0 aliphatic carbocycles. The van der Waals surface area contributed by atoms with E-state index < -0.39 is 0 Å². The number of rotatable bonds is 10. The van der Waals surface area contributed by atoms with Crippen molar-refractivity contribution in [3.05, 3.63) is 53.1 Å². The summed E-state index contributed by atoms with van der Waals surface area (Å²) in [4.78, 5) is 12.1. The lowest BCUT2D eigenvalue weighted by Gasteiger charge is -2.14. The highest BCUT2D eigenvalue weighted by molar-refractivity contribution is 5.77. The SMILES string of the molecule is COc1cc(CNC(=O)COc2cc(C)ccc2C)ccc1OCCC(C)C. The van der Waals surface area contributed by atoms with Gasteiger partial charge in [-0.05, 0) is 61.1 Å². The molecule has 0 atom stereocenters. The van der Waals surface area contributed by atoms with Crippen molar-refractivity contribution in [3.63, 3.8) is 0 Å². The first-order valence-corrected chi connectivity index (χ1v) is 9.65. The molecule has 5 nitrogen and oxygen atoms in total. The third kappa shape index (κ3) is 6.80. The molecule has 2 rings (SSSR count). The molecule has 0 bridgehead atoms. The number of benzene rings is 2. The maximum absolute atomic E-state index is 12.1. The molecular weight excluding hydrogens is 354 g/mol. The minimum absolute atomic E-state index is 0.0160. The van der Waals surface area contributed by atoms with Gasteiger partial charge in [0.05, 0.1) is 13.7 Å². The molecule has 5 heteroatoms. The number of nitrogens with one attached hydrogen (secondary N) is 1. The average molecular weight is 386 g/mol. The highest BCUT2D eigenvalue weighted by atomic mass is 16.5. The Morgan fingerprint density at radius 1 is 1.00 bits per heavy atom. The topological polar surface area (TPSA) is 56.8 Å². The molecule has 0 radical (unpaired) electrons. The number of methoxy groups -OCH3 is 1. The number of hydrogen-bond acceptors (Lipinski definition) is 4. The second-order valence-electron chi connectivity index (χ2n) is 7.35. The van der Waals surface area contributed by atoms with E-state index in [1.807, 2.05) is 50.2 Å². The second kappa shape index (κ2) is 10.6. The van der Waals surface area contributed by atoms with Crippen LogP contribution in [0.5, 0.6) is 17.2 Å². The Hall–Kier alpha value is -2.69. The van der Waals surface area contributed by atoms with Crippen molar-refractivity contribution in [2.75, 3.05) is 20.3 Å². The summed E-state index contributed by atoms with van der Waals surface area (Å²) in [7, 11) is 1.62. The van der Waals surface area contributed by atoms with Crippen molar-refractivity contribution in [2.24, 2.45) is 5.92 Å². The number of amides is 1. The zero-order valence-corrected chi connectivity index (χ0v) is 17.5. The largest absolute Gasteiger partial charge is 0.493 e. The Bertz CT molecular complexity index is 786. The van der Waals surface area contributed by atoms with Gasteiger partial charge >= 0.3 is 0 Å². The van der Waals surface area contributed by atoms with Crippen LogP contribution in [-0.2, 0) is 11.3 Å². The van der Waals surface area contributed by atoms with Crippen LogP contribution in [0.4, 0.5) is 0 Å². The first-order valence-electron chi connectivity index (χ1n) is 9.65. The molecule has 0 saturated heterocycles. The number of ether oxygens (including phenoxy) is 3. The van der Waals surface area contributed by atoms with Crippen molar-refractivity contribution >= 4 is 5.91 Å². The van der Waals surface area contributed by atoms with Crippen LogP contribution in [0.15, 0.2) is 36.4 Å². The molecule has 0 unspecified atom stereocenters. The Balaban J connectivity index is 1.85. The van der Waals surface area contributed by atoms with E-state index >= 15 is 0 Å². The molecule has 0 fully saturated rings. The molecule has 2 aromatic carbocycles. The summed E-state index contributed by atoms with van der Waals surface area (Å²) in [5.74, 6) is 2.54. The van der Waals surface area contributed by atoms with Gasteiger partial charge in [-0.2, -0.15) is 0 Å². The van der Waals surface area contributed by atoms with Gasteiger partial charge in [0.15, 0.2) is 18.1 Å². The number of carbonyl (C=O) groups is 1. The summed E-state index contributed by atoms with van der Waals surface area (Å²) >= 11 is 0. The van der Waals surface area contributed by atoms with E-state index in [-0.39, 0.29) is 12.5 Å². The fourth-order valence-corrected chi connectivity index (χ4v) is 2.60. The molecule has 0 spiro atoms. The fourth-order valence-electron chi connectivity index (χ4n) is 2.60. The molecular formula is C23H31NO4. The summed E-state index contributed by atoms with van der Waals surface area (Å²) in [5, 5.41) is 2.87. The van der Waals surface area contributed by atoms with Gasteiger partial charge in [0.1, 0.15) is 5.75 Å². The molecule has 152 valence electrons. The third-order valence-electron chi connectivity index (χ3n) is 4.37. The lowest BCUT2D eigenvalue weighted by Crippen LogP contribution is -2.28. The summed E-state index contributed by atoms with van der Waals surface area (Å²) < 4.78 is 16.9. The number of aryl methyl sites for hydroxylation is 2. The molecule has 0 aliphatic heterocycles. The van der Waals surface area contributed by atoms with Crippen LogP contribution in [0, 0.1) is 19.8 Å². The number of hydrogen-bond donors (Lipinski definition) is 1. The second-order valence-corrected chi connectivity index (χ2v) is 7.35. The van der Waals surface area contributed by atoms with E-state index in [0.717, 1.165) is 34.6 Å². The number of carbonyl (C=O) groups excluding carboxylic acids is 1. The standard InChI is InChI=1S/C23H31NO4/c1-16(2)10-11-27-20-9-8-19(13-22(20)26-5)14-24-23(25)15-28-21-12-17(3)6-7-18(21)4/h6-9,12-13,16H,10-11,14-15H2,1-5H3,(H,24,25). The minimum Gasteiger partial charge on any atom is -0.493 e.